The van der Waals surface area contributed by atoms with Gasteiger partial charge in [-0.2, -0.15) is 0 Å². The van der Waals surface area contributed by atoms with Gasteiger partial charge < -0.3 is 14.7 Å². The number of aliphatic carboxylic acids is 1. The SMILES string of the molecule is CC.CC(C)c1ccc(Oc2ccc3cc(C(=O)N4CCC[C@H]4C(=O)O)nc(CC4CCCC4)c3c2)cc1. The fourth-order valence-corrected chi connectivity index (χ4v) is 5.58. The Hall–Kier alpha value is -3.41. The van der Waals surface area contributed by atoms with E-state index in [-0.39, 0.29) is 5.91 Å². The highest BCUT2D eigenvalue weighted by atomic mass is 16.5. The third-order valence-electron chi connectivity index (χ3n) is 7.64. The molecule has 202 valence electrons. The van der Waals surface area contributed by atoms with Crippen LogP contribution in [0.4, 0.5) is 0 Å². The molecule has 1 aromatic heterocycles. The third kappa shape index (κ3) is 6.17. The zero-order chi connectivity index (χ0) is 27.2. The number of rotatable bonds is 7. The summed E-state index contributed by atoms with van der Waals surface area (Å²) in [5.41, 5.74) is 2.50. The number of carboxylic acid groups (broad SMARTS) is 1. The Labute approximate surface area is 226 Å². The first-order valence-corrected chi connectivity index (χ1v) is 14.1. The summed E-state index contributed by atoms with van der Waals surface area (Å²) in [6, 6.07) is 15.1. The summed E-state index contributed by atoms with van der Waals surface area (Å²) in [7, 11) is 0. The van der Waals surface area contributed by atoms with Crippen molar-refractivity contribution in [2.75, 3.05) is 6.54 Å². The van der Waals surface area contributed by atoms with Crippen LogP contribution >= 0.6 is 0 Å². The van der Waals surface area contributed by atoms with Crippen molar-refractivity contribution in [3.05, 3.63) is 65.5 Å². The van der Waals surface area contributed by atoms with Crippen LogP contribution in [0, 0.1) is 5.92 Å². The van der Waals surface area contributed by atoms with Gasteiger partial charge in [0, 0.05) is 17.6 Å². The molecule has 2 aromatic carbocycles. The van der Waals surface area contributed by atoms with Crippen molar-refractivity contribution >= 4 is 22.6 Å². The zero-order valence-electron chi connectivity index (χ0n) is 23.1. The Balaban J connectivity index is 0.00000164. The number of fused-ring (bicyclic) bond motifs is 1. The summed E-state index contributed by atoms with van der Waals surface area (Å²) < 4.78 is 6.18. The summed E-state index contributed by atoms with van der Waals surface area (Å²) in [6.45, 7) is 8.79. The lowest BCUT2D eigenvalue weighted by Crippen LogP contribution is -2.40. The van der Waals surface area contributed by atoms with Crippen molar-refractivity contribution in [1.82, 2.24) is 9.88 Å². The fraction of sp³-hybridized carbons (Fsp3) is 0.469. The molecule has 2 heterocycles. The van der Waals surface area contributed by atoms with Gasteiger partial charge in [0.1, 0.15) is 23.2 Å². The van der Waals surface area contributed by atoms with Crippen molar-refractivity contribution in [2.45, 2.75) is 84.6 Å². The number of hydrogen-bond donors (Lipinski definition) is 1. The van der Waals surface area contributed by atoms with Gasteiger partial charge in [-0.1, -0.05) is 71.6 Å². The molecule has 0 spiro atoms. The van der Waals surface area contributed by atoms with Crippen LogP contribution in [-0.4, -0.2) is 39.5 Å². The lowest BCUT2D eigenvalue weighted by molar-refractivity contribution is -0.141. The first kappa shape index (κ1) is 27.6. The number of carboxylic acids is 1. The predicted octanol–water partition coefficient (Wildman–Crippen LogP) is 7.60. The topological polar surface area (TPSA) is 79.7 Å². The number of nitrogens with zero attached hydrogens (tertiary/aromatic N) is 2. The van der Waals surface area contributed by atoms with E-state index >= 15 is 0 Å². The summed E-state index contributed by atoms with van der Waals surface area (Å²) in [6.07, 6.45) is 6.81. The largest absolute Gasteiger partial charge is 0.480 e. The third-order valence-corrected chi connectivity index (χ3v) is 7.64. The molecule has 1 saturated heterocycles. The van der Waals surface area contributed by atoms with Crippen LogP contribution in [0.3, 0.4) is 0 Å². The number of amides is 1. The van der Waals surface area contributed by atoms with Crippen LogP contribution in [0.2, 0.25) is 0 Å². The number of pyridine rings is 1. The molecule has 0 radical (unpaired) electrons. The Morgan fingerprint density at radius 1 is 0.974 bits per heavy atom. The highest BCUT2D eigenvalue weighted by Crippen LogP contribution is 2.33. The van der Waals surface area contributed by atoms with Gasteiger partial charge in [-0.05, 0) is 72.4 Å². The van der Waals surface area contributed by atoms with Gasteiger partial charge in [0.05, 0.1) is 0 Å². The monoisotopic (exact) mass is 516 g/mol. The average molecular weight is 517 g/mol. The second-order valence-corrected chi connectivity index (χ2v) is 10.5. The van der Waals surface area contributed by atoms with E-state index in [4.69, 9.17) is 9.72 Å². The average Bonchev–Trinajstić information content (AvgIpc) is 3.62. The van der Waals surface area contributed by atoms with Crippen LogP contribution in [0.25, 0.3) is 10.8 Å². The molecule has 0 bridgehead atoms. The molecule has 3 aromatic rings. The minimum absolute atomic E-state index is 0.292. The molecule has 1 aliphatic heterocycles. The summed E-state index contributed by atoms with van der Waals surface area (Å²) >= 11 is 0. The van der Waals surface area contributed by atoms with Crippen molar-refractivity contribution in [2.24, 2.45) is 5.92 Å². The van der Waals surface area contributed by atoms with Crippen LogP contribution < -0.4 is 4.74 Å². The van der Waals surface area contributed by atoms with Crippen LogP contribution in [0.15, 0.2) is 48.5 Å². The molecule has 5 rings (SSSR count). The maximum atomic E-state index is 13.4. The second-order valence-electron chi connectivity index (χ2n) is 10.5. The summed E-state index contributed by atoms with van der Waals surface area (Å²) in [5, 5.41) is 11.5. The smallest absolute Gasteiger partial charge is 0.326 e. The molecule has 38 heavy (non-hydrogen) atoms. The maximum Gasteiger partial charge on any atom is 0.326 e. The standard InChI is InChI=1S/C30H34N2O4.C2H6/c1-19(2)21-9-12-23(13-10-21)36-24-14-11-22-17-27(29(33)32-15-5-8-28(32)30(34)35)31-26(25(22)18-24)16-20-6-3-4-7-20;1-2/h9-14,17-20,28H,3-8,15-16H2,1-2H3,(H,34,35);1-2H3/t28-;/m0./s1. The molecule has 1 atom stereocenters. The molecular weight excluding hydrogens is 476 g/mol. The van der Waals surface area contributed by atoms with Crippen molar-refractivity contribution in [3.63, 3.8) is 0 Å². The van der Waals surface area contributed by atoms with E-state index in [0.717, 1.165) is 34.4 Å². The normalized spacial score (nSPS) is 17.5. The van der Waals surface area contributed by atoms with E-state index in [1.807, 2.05) is 44.2 Å². The van der Waals surface area contributed by atoms with Crippen LogP contribution in [0.1, 0.15) is 93.9 Å². The van der Waals surface area contributed by atoms with Gasteiger partial charge in [-0.3, -0.25) is 4.79 Å². The summed E-state index contributed by atoms with van der Waals surface area (Å²) in [4.78, 5) is 31.3. The molecule has 6 heteroatoms. The van der Waals surface area contributed by atoms with E-state index in [2.05, 4.69) is 26.0 Å². The molecule has 1 saturated carbocycles. The van der Waals surface area contributed by atoms with E-state index in [9.17, 15) is 14.7 Å². The minimum atomic E-state index is -0.948. The molecule has 0 unspecified atom stereocenters. The van der Waals surface area contributed by atoms with Gasteiger partial charge in [-0.25, -0.2) is 9.78 Å². The molecule has 2 aliphatic rings. The molecule has 1 aliphatic carbocycles. The molecule has 1 N–H and O–H groups in total. The number of carbonyl (C=O) groups is 2. The van der Waals surface area contributed by atoms with Gasteiger partial charge in [-0.15, -0.1) is 0 Å². The number of ether oxygens (including phenoxy) is 1. The van der Waals surface area contributed by atoms with Gasteiger partial charge in [0.15, 0.2) is 0 Å². The van der Waals surface area contributed by atoms with E-state index in [1.54, 1.807) is 6.07 Å². The number of benzene rings is 2. The quantitative estimate of drug-likeness (QED) is 0.350. The van der Waals surface area contributed by atoms with E-state index in [0.29, 0.717) is 36.9 Å². The van der Waals surface area contributed by atoms with Crippen molar-refractivity contribution < 1.29 is 19.4 Å². The predicted molar refractivity (Wildman–Crippen MR) is 151 cm³/mol. The minimum Gasteiger partial charge on any atom is -0.480 e. The fourth-order valence-electron chi connectivity index (χ4n) is 5.58. The summed E-state index contributed by atoms with van der Waals surface area (Å²) in [5.74, 6) is 1.30. The maximum absolute atomic E-state index is 13.4. The Kier molecular flexibility index (Phi) is 9.03. The van der Waals surface area contributed by atoms with Crippen LogP contribution in [0.5, 0.6) is 11.5 Å². The lowest BCUT2D eigenvalue weighted by Gasteiger charge is -2.22. The Morgan fingerprint density at radius 2 is 1.66 bits per heavy atom. The van der Waals surface area contributed by atoms with Gasteiger partial charge in [0.25, 0.3) is 5.91 Å². The number of aromatic nitrogens is 1. The Bertz CT molecular complexity index is 1260. The Morgan fingerprint density at radius 3 is 2.32 bits per heavy atom. The first-order chi connectivity index (χ1) is 18.4. The van der Waals surface area contributed by atoms with Gasteiger partial charge >= 0.3 is 5.97 Å². The lowest BCUT2D eigenvalue weighted by atomic mass is 9.97. The first-order valence-electron chi connectivity index (χ1n) is 14.1. The molecular formula is C32H40N2O4. The molecule has 6 nitrogen and oxygen atoms in total. The highest BCUT2D eigenvalue weighted by molar-refractivity contribution is 5.99. The zero-order valence-corrected chi connectivity index (χ0v) is 23.1. The molecule has 1 amide bonds. The van der Waals surface area contributed by atoms with Crippen molar-refractivity contribution in [1.29, 1.82) is 0 Å². The number of carbonyl (C=O) groups excluding carboxylic acids is 1. The highest BCUT2D eigenvalue weighted by Gasteiger charge is 2.35. The van der Waals surface area contributed by atoms with Crippen LogP contribution in [-0.2, 0) is 11.2 Å². The second kappa shape index (κ2) is 12.4. The van der Waals surface area contributed by atoms with Gasteiger partial charge in [0.2, 0.25) is 0 Å². The number of likely N-dealkylation sites (tertiary alicyclic amines) is 1. The van der Waals surface area contributed by atoms with E-state index in [1.165, 1.54) is 36.1 Å². The van der Waals surface area contributed by atoms with E-state index < -0.39 is 12.0 Å². The molecule has 2 fully saturated rings. The number of hydrogen-bond acceptors (Lipinski definition) is 4. The van der Waals surface area contributed by atoms with Crippen molar-refractivity contribution in [3.8, 4) is 11.5 Å².